The zero-order valence-corrected chi connectivity index (χ0v) is 27.0. The van der Waals surface area contributed by atoms with Gasteiger partial charge in [-0.15, -0.1) is 0 Å². The van der Waals surface area contributed by atoms with Crippen molar-refractivity contribution in [2.24, 2.45) is 0 Å². The summed E-state index contributed by atoms with van der Waals surface area (Å²) in [7, 11) is 0. The summed E-state index contributed by atoms with van der Waals surface area (Å²) in [4.78, 5) is 24.6. The smallest absolute Gasteiger partial charge is 0.267 e. The molecule has 50 heavy (non-hydrogen) atoms. The van der Waals surface area contributed by atoms with E-state index >= 15 is 0 Å². The zero-order chi connectivity index (χ0) is 35.1. The number of rotatable bonds is 2. The van der Waals surface area contributed by atoms with Crippen LogP contribution in [0.25, 0.3) is 44.1 Å². The summed E-state index contributed by atoms with van der Waals surface area (Å²) in [6, 6.07) is 22.1. The molecule has 0 saturated carbocycles. The number of carbonyl (C=O) groups excluding carboxylic acids is 2. The Labute approximate surface area is 288 Å². The Balaban J connectivity index is 0.000000157. The SMILES string of the molecule is N#Cc1cc(-c2ccc(Cl)cc2F)c2c(c1)cc1n2CCCNC1=O.N#Cc1cc(-c2ccc(F)cc2F)c2c(c1)cc1n2CCCNC1=O. The van der Waals surface area contributed by atoms with Gasteiger partial charge in [0, 0.05) is 70.3 Å². The lowest BCUT2D eigenvalue weighted by Gasteiger charge is -2.12. The molecule has 0 fully saturated rings. The van der Waals surface area contributed by atoms with Crippen LogP contribution in [-0.4, -0.2) is 34.0 Å². The summed E-state index contributed by atoms with van der Waals surface area (Å²) in [6.45, 7) is 2.41. The monoisotopic (exact) mass is 690 g/mol. The molecule has 2 aromatic heterocycles. The molecular weight excluding hydrogens is 665 g/mol. The van der Waals surface area contributed by atoms with Gasteiger partial charge in [-0.2, -0.15) is 10.5 Å². The van der Waals surface area contributed by atoms with Crippen LogP contribution in [0.1, 0.15) is 44.9 Å². The maximum Gasteiger partial charge on any atom is 0.267 e. The van der Waals surface area contributed by atoms with E-state index in [1.807, 2.05) is 9.13 Å². The summed E-state index contributed by atoms with van der Waals surface area (Å²) in [5, 5.41) is 26.0. The minimum atomic E-state index is -0.704. The van der Waals surface area contributed by atoms with E-state index in [1.165, 1.54) is 18.2 Å². The van der Waals surface area contributed by atoms with Gasteiger partial charge < -0.3 is 19.8 Å². The molecule has 0 bridgehead atoms. The van der Waals surface area contributed by atoms with E-state index in [0.717, 1.165) is 29.8 Å². The second kappa shape index (κ2) is 13.1. The number of aryl methyl sites for hydroxylation is 2. The first-order valence-electron chi connectivity index (χ1n) is 15.8. The molecule has 2 N–H and O–H groups in total. The third-order valence-electron chi connectivity index (χ3n) is 8.84. The standard InChI is InChI=1S/C19H13ClFN3O.C19H13F2N3O/c2*20-13-2-3-14(16(21)9-13)15-7-11(10-22)6-12-8-17-19(25)23-4-1-5-24(17)18(12)15/h2*2-3,6-9H,1,4-5H2,(H,23,25). The molecule has 0 atom stereocenters. The fourth-order valence-electron chi connectivity index (χ4n) is 6.68. The minimum Gasteiger partial charge on any atom is -0.351 e. The molecular formula is C38H26ClF3N6O2. The van der Waals surface area contributed by atoms with Gasteiger partial charge in [0.25, 0.3) is 11.8 Å². The van der Waals surface area contributed by atoms with Gasteiger partial charge in [-0.05, 0) is 79.6 Å². The molecule has 0 spiro atoms. The number of amides is 2. The minimum absolute atomic E-state index is 0.158. The largest absolute Gasteiger partial charge is 0.351 e. The van der Waals surface area contributed by atoms with E-state index in [-0.39, 0.29) is 17.4 Å². The molecule has 4 aromatic carbocycles. The van der Waals surface area contributed by atoms with E-state index < -0.39 is 17.5 Å². The Hall–Kier alpha value is -6.04. The summed E-state index contributed by atoms with van der Waals surface area (Å²) in [6.07, 6.45) is 1.53. The number of hydrogen-bond acceptors (Lipinski definition) is 4. The number of nitrogens with zero attached hydrogens (tertiary/aromatic N) is 4. The molecule has 8 rings (SSSR count). The van der Waals surface area contributed by atoms with Gasteiger partial charge in [-0.3, -0.25) is 9.59 Å². The Morgan fingerprint density at radius 1 is 0.620 bits per heavy atom. The highest BCUT2D eigenvalue weighted by molar-refractivity contribution is 6.30. The molecule has 2 amide bonds. The van der Waals surface area contributed by atoms with E-state index in [2.05, 4.69) is 22.8 Å². The Morgan fingerprint density at radius 3 is 1.56 bits per heavy atom. The van der Waals surface area contributed by atoms with Crippen molar-refractivity contribution in [3.8, 4) is 34.4 Å². The molecule has 4 heterocycles. The van der Waals surface area contributed by atoms with Crippen LogP contribution in [0.2, 0.25) is 5.02 Å². The van der Waals surface area contributed by atoms with Gasteiger partial charge >= 0.3 is 0 Å². The van der Waals surface area contributed by atoms with Crippen LogP contribution in [0.5, 0.6) is 0 Å². The van der Waals surface area contributed by atoms with Crippen molar-refractivity contribution in [1.82, 2.24) is 19.8 Å². The first-order chi connectivity index (χ1) is 24.2. The fraction of sp³-hybridized carbons (Fsp3) is 0.158. The van der Waals surface area contributed by atoms with Crippen molar-refractivity contribution in [2.45, 2.75) is 25.9 Å². The third-order valence-corrected chi connectivity index (χ3v) is 9.07. The van der Waals surface area contributed by atoms with Gasteiger partial charge in [0.2, 0.25) is 0 Å². The Morgan fingerprint density at radius 2 is 1.10 bits per heavy atom. The number of hydrogen-bond donors (Lipinski definition) is 2. The van der Waals surface area contributed by atoms with Crippen molar-refractivity contribution in [3.63, 3.8) is 0 Å². The second-order valence-electron chi connectivity index (χ2n) is 12.0. The lowest BCUT2D eigenvalue weighted by atomic mass is 9.99. The first-order valence-corrected chi connectivity index (χ1v) is 16.2. The van der Waals surface area contributed by atoms with Crippen molar-refractivity contribution < 1.29 is 22.8 Å². The van der Waals surface area contributed by atoms with Crippen LogP contribution in [0, 0.1) is 40.1 Å². The molecule has 0 saturated heterocycles. The topological polar surface area (TPSA) is 116 Å². The molecule has 0 aliphatic carbocycles. The second-order valence-corrected chi connectivity index (χ2v) is 12.4. The van der Waals surface area contributed by atoms with E-state index in [9.17, 15) is 33.3 Å². The van der Waals surface area contributed by atoms with Gasteiger partial charge in [0.1, 0.15) is 28.8 Å². The number of fused-ring (bicyclic) bond motifs is 6. The van der Waals surface area contributed by atoms with Crippen molar-refractivity contribution in [1.29, 1.82) is 10.5 Å². The van der Waals surface area contributed by atoms with E-state index in [4.69, 9.17) is 11.6 Å². The molecule has 12 heteroatoms. The number of carbonyl (C=O) groups is 2. The van der Waals surface area contributed by atoms with Gasteiger partial charge in [0.15, 0.2) is 0 Å². The maximum atomic E-state index is 14.5. The zero-order valence-electron chi connectivity index (χ0n) is 26.3. The molecule has 0 radical (unpaired) electrons. The van der Waals surface area contributed by atoms with Crippen LogP contribution in [-0.2, 0) is 13.1 Å². The Bertz CT molecular complexity index is 2300. The van der Waals surface area contributed by atoms with Crippen LogP contribution < -0.4 is 10.6 Å². The van der Waals surface area contributed by atoms with Gasteiger partial charge in [0.05, 0.1) is 34.3 Å². The van der Waals surface area contributed by atoms with Crippen molar-refractivity contribution >= 4 is 45.2 Å². The van der Waals surface area contributed by atoms with Crippen LogP contribution >= 0.6 is 11.6 Å². The number of halogens is 4. The molecule has 0 unspecified atom stereocenters. The highest BCUT2D eigenvalue weighted by Gasteiger charge is 2.24. The first kappa shape index (κ1) is 32.5. The van der Waals surface area contributed by atoms with Crippen LogP contribution in [0.4, 0.5) is 13.2 Å². The van der Waals surface area contributed by atoms with Crippen LogP contribution in [0.3, 0.4) is 0 Å². The van der Waals surface area contributed by atoms with E-state index in [0.29, 0.717) is 81.3 Å². The molecule has 8 nitrogen and oxygen atoms in total. The molecule has 2 aliphatic rings. The quantitative estimate of drug-likeness (QED) is 0.194. The highest BCUT2D eigenvalue weighted by Crippen LogP contribution is 2.37. The number of nitriles is 2. The normalized spacial score (nSPS) is 13.9. The highest BCUT2D eigenvalue weighted by atomic mass is 35.5. The van der Waals surface area contributed by atoms with Gasteiger partial charge in [-0.25, -0.2) is 13.2 Å². The summed E-state index contributed by atoms with van der Waals surface area (Å²) < 4.78 is 46.0. The number of nitrogens with one attached hydrogen (secondary N) is 2. The van der Waals surface area contributed by atoms with Gasteiger partial charge in [-0.1, -0.05) is 11.6 Å². The average Bonchev–Trinajstić information content (AvgIpc) is 3.54. The Kier molecular flexibility index (Phi) is 8.52. The number of benzene rings is 4. The molecule has 248 valence electrons. The lowest BCUT2D eigenvalue weighted by Crippen LogP contribution is -2.22. The van der Waals surface area contributed by atoms with Crippen molar-refractivity contribution in [2.75, 3.05) is 13.1 Å². The third kappa shape index (κ3) is 5.82. The molecule has 2 aliphatic heterocycles. The predicted molar refractivity (Wildman–Crippen MR) is 183 cm³/mol. The summed E-state index contributed by atoms with van der Waals surface area (Å²) in [5.74, 6) is -2.18. The average molecular weight is 691 g/mol. The predicted octanol–water partition coefficient (Wildman–Crippen LogP) is 7.70. The summed E-state index contributed by atoms with van der Waals surface area (Å²) in [5.41, 5.74) is 4.83. The number of aromatic nitrogens is 2. The maximum absolute atomic E-state index is 14.5. The fourth-order valence-corrected chi connectivity index (χ4v) is 6.84. The van der Waals surface area contributed by atoms with Crippen molar-refractivity contribution in [3.05, 3.63) is 118 Å². The molecule has 6 aromatic rings. The van der Waals surface area contributed by atoms with E-state index in [1.54, 1.807) is 48.5 Å². The van der Waals surface area contributed by atoms with Crippen LogP contribution in [0.15, 0.2) is 72.8 Å². The lowest BCUT2D eigenvalue weighted by molar-refractivity contribution is 0.0943. The summed E-state index contributed by atoms with van der Waals surface area (Å²) >= 11 is 5.87.